The monoisotopic (exact) mass is 301 g/mol. The fourth-order valence-electron chi connectivity index (χ4n) is 2.93. The average Bonchev–Trinajstić information content (AvgIpc) is 2.89. The van der Waals surface area contributed by atoms with Crippen LogP contribution in [0.2, 0.25) is 0 Å². The number of hydrogen-bond donors (Lipinski definition) is 1. The molecule has 0 radical (unpaired) electrons. The minimum absolute atomic E-state index is 0.225. The Hall–Kier alpha value is -2.30. The van der Waals surface area contributed by atoms with Crippen LogP contribution in [-0.4, -0.2) is 35.0 Å². The maximum absolute atomic E-state index is 12.5. The van der Waals surface area contributed by atoms with Gasteiger partial charge in [-0.15, -0.1) is 0 Å². The van der Waals surface area contributed by atoms with Crippen molar-refractivity contribution in [3.63, 3.8) is 0 Å². The topological polar surface area (TPSA) is 70.8 Å². The molecule has 1 fully saturated rings. The second-order valence-electron chi connectivity index (χ2n) is 6.01. The van der Waals surface area contributed by atoms with Crippen LogP contribution in [0.25, 0.3) is 11.0 Å². The van der Waals surface area contributed by atoms with Gasteiger partial charge in [-0.05, 0) is 56.0 Å². The SMILES string of the molecule is Cc1cc2cc(C(=O)N3CCC[C@@H](C(=O)O)C3)oc2cc1C. The van der Waals surface area contributed by atoms with E-state index in [1.165, 1.54) is 0 Å². The zero-order valence-electron chi connectivity index (χ0n) is 12.8. The van der Waals surface area contributed by atoms with E-state index < -0.39 is 11.9 Å². The minimum Gasteiger partial charge on any atom is -0.481 e. The number of furan rings is 1. The van der Waals surface area contributed by atoms with Gasteiger partial charge in [-0.1, -0.05) is 0 Å². The molecule has 5 nitrogen and oxygen atoms in total. The molecule has 0 unspecified atom stereocenters. The largest absolute Gasteiger partial charge is 0.481 e. The van der Waals surface area contributed by atoms with Crippen molar-refractivity contribution < 1.29 is 19.1 Å². The second-order valence-corrected chi connectivity index (χ2v) is 6.01. The Morgan fingerprint density at radius 1 is 1.23 bits per heavy atom. The summed E-state index contributed by atoms with van der Waals surface area (Å²) in [7, 11) is 0. The fraction of sp³-hybridized carbons (Fsp3) is 0.412. The van der Waals surface area contributed by atoms with Crippen molar-refractivity contribution >= 4 is 22.8 Å². The first-order chi connectivity index (χ1) is 10.5. The Balaban J connectivity index is 1.87. The predicted octanol–water partition coefficient (Wildman–Crippen LogP) is 2.99. The molecule has 3 rings (SSSR count). The number of carbonyl (C=O) groups is 2. The van der Waals surface area contributed by atoms with Crippen LogP contribution in [0, 0.1) is 19.8 Å². The van der Waals surface area contributed by atoms with E-state index in [1.807, 2.05) is 26.0 Å². The summed E-state index contributed by atoms with van der Waals surface area (Å²) in [6, 6.07) is 5.67. The first kappa shape index (κ1) is 14.6. The Kier molecular flexibility index (Phi) is 3.64. The molecule has 1 saturated heterocycles. The van der Waals surface area contributed by atoms with Crippen molar-refractivity contribution in [1.82, 2.24) is 4.90 Å². The maximum Gasteiger partial charge on any atom is 0.308 e. The number of amides is 1. The lowest BCUT2D eigenvalue weighted by atomic mass is 9.98. The molecule has 0 aliphatic carbocycles. The molecule has 1 aromatic heterocycles. The molecule has 1 amide bonds. The molecule has 22 heavy (non-hydrogen) atoms. The zero-order chi connectivity index (χ0) is 15.9. The quantitative estimate of drug-likeness (QED) is 0.925. The summed E-state index contributed by atoms with van der Waals surface area (Å²) in [5.41, 5.74) is 2.96. The normalized spacial score (nSPS) is 18.6. The third-order valence-corrected chi connectivity index (χ3v) is 4.40. The van der Waals surface area contributed by atoms with E-state index in [2.05, 4.69) is 0 Å². The number of fused-ring (bicyclic) bond motifs is 1. The van der Waals surface area contributed by atoms with Gasteiger partial charge in [0.25, 0.3) is 5.91 Å². The molecule has 1 N–H and O–H groups in total. The highest BCUT2D eigenvalue weighted by Crippen LogP contribution is 2.25. The Morgan fingerprint density at radius 3 is 2.68 bits per heavy atom. The number of aryl methyl sites for hydroxylation is 2. The molecular formula is C17H19NO4. The van der Waals surface area contributed by atoms with Gasteiger partial charge in [0.2, 0.25) is 0 Å². The van der Waals surface area contributed by atoms with Crippen molar-refractivity contribution in [2.75, 3.05) is 13.1 Å². The van der Waals surface area contributed by atoms with E-state index in [-0.39, 0.29) is 18.2 Å². The van der Waals surface area contributed by atoms with Crippen molar-refractivity contribution in [1.29, 1.82) is 0 Å². The molecule has 116 valence electrons. The summed E-state index contributed by atoms with van der Waals surface area (Å²) >= 11 is 0. The van der Waals surface area contributed by atoms with Crippen LogP contribution in [-0.2, 0) is 4.79 Å². The number of carboxylic acid groups (broad SMARTS) is 1. The number of benzene rings is 1. The number of carbonyl (C=O) groups excluding carboxylic acids is 1. The van der Waals surface area contributed by atoms with Gasteiger partial charge < -0.3 is 14.4 Å². The molecule has 1 aromatic carbocycles. The van der Waals surface area contributed by atoms with Crippen LogP contribution in [0.3, 0.4) is 0 Å². The van der Waals surface area contributed by atoms with E-state index in [9.17, 15) is 9.59 Å². The van der Waals surface area contributed by atoms with Gasteiger partial charge in [0.1, 0.15) is 5.58 Å². The van der Waals surface area contributed by atoms with Crippen LogP contribution < -0.4 is 0 Å². The highest BCUT2D eigenvalue weighted by molar-refractivity contribution is 5.96. The molecule has 1 aliphatic heterocycles. The third-order valence-electron chi connectivity index (χ3n) is 4.40. The van der Waals surface area contributed by atoms with E-state index >= 15 is 0 Å². The van der Waals surface area contributed by atoms with E-state index in [0.717, 1.165) is 16.5 Å². The van der Waals surface area contributed by atoms with E-state index in [1.54, 1.807) is 11.0 Å². The van der Waals surface area contributed by atoms with Crippen LogP contribution in [0.15, 0.2) is 22.6 Å². The number of rotatable bonds is 2. The number of hydrogen-bond acceptors (Lipinski definition) is 3. The van der Waals surface area contributed by atoms with Crippen molar-refractivity contribution in [3.05, 3.63) is 35.1 Å². The Morgan fingerprint density at radius 2 is 1.95 bits per heavy atom. The fourth-order valence-corrected chi connectivity index (χ4v) is 2.93. The zero-order valence-corrected chi connectivity index (χ0v) is 12.8. The van der Waals surface area contributed by atoms with Gasteiger partial charge in [-0.25, -0.2) is 0 Å². The van der Waals surface area contributed by atoms with Gasteiger partial charge in [-0.3, -0.25) is 9.59 Å². The molecule has 1 aliphatic rings. The molecule has 2 heterocycles. The van der Waals surface area contributed by atoms with Gasteiger partial charge in [0, 0.05) is 18.5 Å². The number of piperidine rings is 1. The van der Waals surface area contributed by atoms with Gasteiger partial charge in [-0.2, -0.15) is 0 Å². The number of likely N-dealkylation sites (tertiary alicyclic amines) is 1. The third kappa shape index (κ3) is 2.58. The van der Waals surface area contributed by atoms with Crippen molar-refractivity contribution in [2.24, 2.45) is 5.92 Å². The molecule has 0 bridgehead atoms. The molecule has 2 aromatic rings. The van der Waals surface area contributed by atoms with Crippen LogP contribution >= 0.6 is 0 Å². The number of nitrogens with zero attached hydrogens (tertiary/aromatic N) is 1. The summed E-state index contributed by atoms with van der Waals surface area (Å²) < 4.78 is 5.68. The summed E-state index contributed by atoms with van der Waals surface area (Å²) in [5.74, 6) is -1.26. The maximum atomic E-state index is 12.5. The lowest BCUT2D eigenvalue weighted by molar-refractivity contribution is -0.143. The summed E-state index contributed by atoms with van der Waals surface area (Å²) in [6.45, 7) is 4.85. The molecule has 0 saturated carbocycles. The number of carboxylic acids is 1. The first-order valence-corrected chi connectivity index (χ1v) is 7.48. The van der Waals surface area contributed by atoms with Crippen LogP contribution in [0.4, 0.5) is 0 Å². The van der Waals surface area contributed by atoms with Crippen molar-refractivity contribution in [3.8, 4) is 0 Å². The Labute approximate surface area is 128 Å². The highest BCUT2D eigenvalue weighted by atomic mass is 16.4. The standard InChI is InChI=1S/C17H19NO4/c1-10-6-13-8-15(22-14(13)7-11(10)2)16(19)18-5-3-4-12(9-18)17(20)21/h6-8,12H,3-5,9H2,1-2H3,(H,20,21)/t12-/m1/s1. The van der Waals surface area contributed by atoms with Crippen LogP contribution in [0.1, 0.15) is 34.5 Å². The molecule has 1 atom stereocenters. The first-order valence-electron chi connectivity index (χ1n) is 7.48. The average molecular weight is 301 g/mol. The van der Waals surface area contributed by atoms with Crippen LogP contribution in [0.5, 0.6) is 0 Å². The predicted molar refractivity (Wildman–Crippen MR) is 82.0 cm³/mol. The number of aliphatic carboxylic acids is 1. The van der Waals surface area contributed by atoms with E-state index in [0.29, 0.717) is 25.0 Å². The summed E-state index contributed by atoms with van der Waals surface area (Å²) in [6.07, 6.45) is 1.33. The lowest BCUT2D eigenvalue weighted by Crippen LogP contribution is -2.42. The summed E-state index contributed by atoms with van der Waals surface area (Å²) in [5, 5.41) is 10.0. The van der Waals surface area contributed by atoms with Crippen molar-refractivity contribution in [2.45, 2.75) is 26.7 Å². The molecule has 5 heteroatoms. The lowest BCUT2D eigenvalue weighted by Gasteiger charge is -2.29. The van der Waals surface area contributed by atoms with Gasteiger partial charge >= 0.3 is 5.97 Å². The second kappa shape index (κ2) is 5.48. The van der Waals surface area contributed by atoms with Gasteiger partial charge in [0.05, 0.1) is 5.92 Å². The molecule has 0 spiro atoms. The van der Waals surface area contributed by atoms with Gasteiger partial charge in [0.15, 0.2) is 5.76 Å². The smallest absolute Gasteiger partial charge is 0.308 e. The Bertz CT molecular complexity index is 707. The minimum atomic E-state index is -0.839. The van der Waals surface area contributed by atoms with E-state index in [4.69, 9.17) is 9.52 Å². The molecular weight excluding hydrogens is 282 g/mol. The summed E-state index contributed by atoms with van der Waals surface area (Å²) in [4.78, 5) is 25.2. The highest BCUT2D eigenvalue weighted by Gasteiger charge is 2.30.